The van der Waals surface area contributed by atoms with Gasteiger partial charge in [0.1, 0.15) is 0 Å². The molecule has 0 aliphatic rings. The van der Waals surface area contributed by atoms with E-state index in [1.165, 1.54) is 17.3 Å². The zero-order chi connectivity index (χ0) is 13.0. The molecule has 0 aromatic carbocycles. The first-order chi connectivity index (χ1) is 7.93. The number of hydrogen-bond acceptors (Lipinski definition) is 3. The lowest BCUT2D eigenvalue weighted by atomic mass is 10.1. The Hall–Kier alpha value is -1.43. The molecule has 0 spiro atoms. The molecule has 1 amide bonds. The molecule has 1 N–H and O–H groups in total. The first-order valence-corrected chi connectivity index (χ1v) is 5.80. The topological polar surface area (TPSA) is 70.5 Å². The smallest absolute Gasteiger partial charge is 0.308 e. The average Bonchev–Trinajstić information content (AvgIpc) is 2.28. The van der Waals surface area contributed by atoms with Crippen molar-refractivity contribution in [1.82, 2.24) is 9.88 Å². The van der Waals surface area contributed by atoms with E-state index in [4.69, 9.17) is 5.11 Å². The third kappa shape index (κ3) is 3.52. The first kappa shape index (κ1) is 13.6. The number of aromatic nitrogens is 1. The van der Waals surface area contributed by atoms with Gasteiger partial charge >= 0.3 is 5.97 Å². The Balaban J connectivity index is 2.77. The summed E-state index contributed by atoms with van der Waals surface area (Å²) < 4.78 is 0.597. The highest BCUT2D eigenvalue weighted by Crippen LogP contribution is 2.16. The second kappa shape index (κ2) is 5.77. The molecule has 1 unspecified atom stereocenters. The fraction of sp³-hybridized carbons (Fsp3) is 0.364. The van der Waals surface area contributed by atoms with Gasteiger partial charge in [-0.1, -0.05) is 6.92 Å². The van der Waals surface area contributed by atoms with E-state index in [1.807, 2.05) is 0 Å². The predicted octanol–water partition coefficient (Wildman–Crippen LogP) is 1.64. The predicted molar refractivity (Wildman–Crippen MR) is 65.7 cm³/mol. The van der Waals surface area contributed by atoms with Gasteiger partial charge in [-0.05, 0) is 22.0 Å². The SMILES string of the molecule is CC(CN(C)C(=O)c1ccncc1Br)C(=O)O. The summed E-state index contributed by atoms with van der Waals surface area (Å²) in [5, 5.41) is 8.78. The summed E-state index contributed by atoms with van der Waals surface area (Å²) in [5.74, 6) is -1.74. The van der Waals surface area contributed by atoms with Gasteiger partial charge < -0.3 is 10.0 Å². The lowest BCUT2D eigenvalue weighted by Crippen LogP contribution is -2.33. The van der Waals surface area contributed by atoms with E-state index in [9.17, 15) is 9.59 Å². The van der Waals surface area contributed by atoms with E-state index in [2.05, 4.69) is 20.9 Å². The van der Waals surface area contributed by atoms with Gasteiger partial charge in [-0.25, -0.2) is 0 Å². The minimum Gasteiger partial charge on any atom is -0.481 e. The molecule has 6 heteroatoms. The Bertz CT molecular complexity index is 436. The van der Waals surface area contributed by atoms with Crippen LogP contribution in [-0.2, 0) is 4.79 Å². The second-order valence-corrected chi connectivity index (χ2v) is 4.63. The third-order valence-corrected chi connectivity index (χ3v) is 2.95. The standard InChI is InChI=1S/C11H13BrN2O3/c1-7(11(16)17)6-14(2)10(15)8-3-4-13-5-9(8)12/h3-5,7H,6H2,1-2H3,(H,16,17). The number of hydrogen-bond donors (Lipinski definition) is 1. The quantitative estimate of drug-likeness (QED) is 0.917. The van der Waals surface area contributed by atoms with Crippen molar-refractivity contribution in [2.75, 3.05) is 13.6 Å². The molecule has 0 aliphatic heterocycles. The lowest BCUT2D eigenvalue weighted by molar-refractivity contribution is -0.141. The van der Waals surface area contributed by atoms with Crippen molar-refractivity contribution in [3.63, 3.8) is 0 Å². The van der Waals surface area contributed by atoms with Crippen LogP contribution in [0.15, 0.2) is 22.9 Å². The van der Waals surface area contributed by atoms with Crippen molar-refractivity contribution in [2.24, 2.45) is 5.92 Å². The Labute approximate surface area is 108 Å². The summed E-state index contributed by atoms with van der Waals surface area (Å²) in [6.07, 6.45) is 3.05. The van der Waals surface area contributed by atoms with E-state index in [-0.39, 0.29) is 12.5 Å². The van der Waals surface area contributed by atoms with Crippen LogP contribution in [0.5, 0.6) is 0 Å². The normalized spacial score (nSPS) is 11.9. The largest absolute Gasteiger partial charge is 0.481 e. The van der Waals surface area contributed by atoms with Gasteiger partial charge in [0.2, 0.25) is 0 Å². The number of amides is 1. The summed E-state index contributed by atoms with van der Waals surface area (Å²) in [7, 11) is 1.58. The summed E-state index contributed by atoms with van der Waals surface area (Å²) >= 11 is 3.23. The van der Waals surface area contributed by atoms with Crippen LogP contribution >= 0.6 is 15.9 Å². The fourth-order valence-corrected chi connectivity index (χ4v) is 1.75. The van der Waals surface area contributed by atoms with Crippen molar-refractivity contribution in [1.29, 1.82) is 0 Å². The molecule has 0 radical (unpaired) electrons. The molecular weight excluding hydrogens is 288 g/mol. The van der Waals surface area contributed by atoms with Crippen molar-refractivity contribution in [3.05, 3.63) is 28.5 Å². The Morgan fingerprint density at radius 2 is 2.24 bits per heavy atom. The van der Waals surface area contributed by atoms with E-state index in [0.717, 1.165) is 0 Å². The number of carboxylic acids is 1. The number of carboxylic acid groups (broad SMARTS) is 1. The van der Waals surface area contributed by atoms with Crippen LogP contribution in [0.2, 0.25) is 0 Å². The highest BCUT2D eigenvalue weighted by molar-refractivity contribution is 9.10. The molecule has 17 heavy (non-hydrogen) atoms. The molecule has 0 fully saturated rings. The van der Waals surface area contributed by atoms with Gasteiger partial charge in [0.25, 0.3) is 5.91 Å². The number of nitrogens with zero attached hydrogens (tertiary/aromatic N) is 2. The molecule has 0 saturated carbocycles. The average molecular weight is 301 g/mol. The molecule has 1 aromatic heterocycles. The van der Waals surface area contributed by atoms with Crippen LogP contribution in [0.3, 0.4) is 0 Å². The zero-order valence-corrected chi connectivity index (χ0v) is 11.1. The fourth-order valence-electron chi connectivity index (χ4n) is 1.33. The highest BCUT2D eigenvalue weighted by atomic mass is 79.9. The highest BCUT2D eigenvalue weighted by Gasteiger charge is 2.19. The Morgan fingerprint density at radius 3 is 2.76 bits per heavy atom. The second-order valence-electron chi connectivity index (χ2n) is 3.78. The minimum absolute atomic E-state index is 0.170. The zero-order valence-electron chi connectivity index (χ0n) is 9.55. The number of rotatable bonds is 4. The summed E-state index contributed by atoms with van der Waals surface area (Å²) in [5.41, 5.74) is 0.472. The molecule has 0 aliphatic carbocycles. The minimum atomic E-state index is -0.918. The van der Waals surface area contributed by atoms with E-state index < -0.39 is 11.9 Å². The van der Waals surface area contributed by atoms with Crippen molar-refractivity contribution in [2.45, 2.75) is 6.92 Å². The molecule has 1 atom stereocenters. The van der Waals surface area contributed by atoms with Gasteiger partial charge in [0.05, 0.1) is 11.5 Å². The van der Waals surface area contributed by atoms with Gasteiger partial charge in [-0.15, -0.1) is 0 Å². The van der Waals surface area contributed by atoms with E-state index >= 15 is 0 Å². The number of aliphatic carboxylic acids is 1. The maximum absolute atomic E-state index is 12.0. The first-order valence-electron chi connectivity index (χ1n) is 5.01. The summed E-state index contributed by atoms with van der Waals surface area (Å²) in [6.45, 7) is 1.73. The number of carbonyl (C=O) groups is 2. The third-order valence-electron chi connectivity index (χ3n) is 2.32. The number of pyridine rings is 1. The molecule has 0 saturated heterocycles. The maximum atomic E-state index is 12.0. The van der Waals surface area contributed by atoms with Crippen LogP contribution in [0.4, 0.5) is 0 Å². The molecule has 5 nitrogen and oxygen atoms in total. The Kier molecular flexibility index (Phi) is 4.62. The van der Waals surface area contributed by atoms with Crippen molar-refractivity contribution in [3.8, 4) is 0 Å². The van der Waals surface area contributed by atoms with Crippen LogP contribution in [0, 0.1) is 5.92 Å². The van der Waals surface area contributed by atoms with Crippen molar-refractivity contribution < 1.29 is 14.7 Å². The molecule has 1 aromatic rings. The van der Waals surface area contributed by atoms with Crippen LogP contribution in [0.25, 0.3) is 0 Å². The van der Waals surface area contributed by atoms with E-state index in [0.29, 0.717) is 10.0 Å². The molecule has 92 valence electrons. The molecule has 0 bridgehead atoms. The van der Waals surface area contributed by atoms with Crippen LogP contribution in [0.1, 0.15) is 17.3 Å². The van der Waals surface area contributed by atoms with Gasteiger partial charge in [0.15, 0.2) is 0 Å². The van der Waals surface area contributed by atoms with E-state index in [1.54, 1.807) is 20.0 Å². The lowest BCUT2D eigenvalue weighted by Gasteiger charge is -2.19. The van der Waals surface area contributed by atoms with Crippen molar-refractivity contribution >= 4 is 27.8 Å². The molecular formula is C11H13BrN2O3. The molecule has 1 rings (SSSR count). The summed E-state index contributed by atoms with van der Waals surface area (Å²) in [6, 6.07) is 1.59. The van der Waals surface area contributed by atoms with Gasteiger partial charge in [-0.3, -0.25) is 14.6 Å². The maximum Gasteiger partial charge on any atom is 0.308 e. The molecule has 1 heterocycles. The number of halogens is 1. The number of carbonyl (C=O) groups excluding carboxylic acids is 1. The van der Waals surface area contributed by atoms with Crippen LogP contribution in [-0.4, -0.2) is 40.5 Å². The Morgan fingerprint density at radius 1 is 1.59 bits per heavy atom. The monoisotopic (exact) mass is 300 g/mol. The van der Waals surface area contributed by atoms with Gasteiger partial charge in [-0.2, -0.15) is 0 Å². The van der Waals surface area contributed by atoms with Crippen LogP contribution < -0.4 is 0 Å². The summed E-state index contributed by atoms with van der Waals surface area (Å²) in [4.78, 5) is 28.0. The van der Waals surface area contributed by atoms with Gasteiger partial charge in [0, 0.05) is 30.5 Å².